The Morgan fingerprint density at radius 3 is 2.74 bits per heavy atom. The van der Waals surface area contributed by atoms with Gasteiger partial charge in [0.15, 0.2) is 11.4 Å². The number of carbonyl (C=O) groups is 3. The van der Waals surface area contributed by atoms with Crippen molar-refractivity contribution in [3.05, 3.63) is 59.5 Å². The van der Waals surface area contributed by atoms with Gasteiger partial charge >= 0.3 is 0 Å². The number of rotatable bonds is 6. The van der Waals surface area contributed by atoms with Gasteiger partial charge in [0.2, 0.25) is 11.8 Å². The minimum absolute atomic E-state index is 0.000447. The Balaban J connectivity index is 1.20. The summed E-state index contributed by atoms with van der Waals surface area (Å²) in [5.41, 5.74) is 5.76. The number of pyridine rings is 1. The Labute approximate surface area is 200 Å². The summed E-state index contributed by atoms with van der Waals surface area (Å²) in [7, 11) is 0. The fourth-order valence-electron chi connectivity index (χ4n) is 5.44. The lowest BCUT2D eigenvalue weighted by molar-refractivity contribution is -0.140. The summed E-state index contributed by atoms with van der Waals surface area (Å²) in [6.07, 6.45) is 3.19. The zero-order chi connectivity index (χ0) is 24.5. The molecule has 0 radical (unpaired) electrons. The number of fused-ring (bicyclic) bond motifs is 2. The Bertz CT molecular complexity index is 1370. The minimum Gasteiger partial charge on any atom is -0.364 e. The van der Waals surface area contributed by atoms with Crippen LogP contribution in [0.5, 0.6) is 0 Å². The van der Waals surface area contributed by atoms with Gasteiger partial charge in [0.05, 0.1) is 17.8 Å². The van der Waals surface area contributed by atoms with Crippen LogP contribution in [0.2, 0.25) is 0 Å². The van der Waals surface area contributed by atoms with Crippen molar-refractivity contribution in [2.45, 2.75) is 56.5 Å². The Hall–Kier alpha value is -3.82. The van der Waals surface area contributed by atoms with E-state index in [2.05, 4.69) is 15.4 Å². The first-order chi connectivity index (χ1) is 16.8. The first-order valence-electron chi connectivity index (χ1n) is 11.7. The summed E-state index contributed by atoms with van der Waals surface area (Å²) in [6, 6.07) is 9.27. The lowest BCUT2D eigenvalue weighted by Crippen LogP contribution is -2.50. The third-order valence-electron chi connectivity index (χ3n) is 7.45. The van der Waals surface area contributed by atoms with E-state index in [0.29, 0.717) is 28.6 Å². The normalized spacial score (nSPS) is 28.6. The molecule has 1 aromatic carbocycles. The van der Waals surface area contributed by atoms with Gasteiger partial charge in [0.25, 0.3) is 5.91 Å². The summed E-state index contributed by atoms with van der Waals surface area (Å²) in [5, 5.41) is 7.63. The summed E-state index contributed by atoms with van der Waals surface area (Å²) in [4.78, 5) is 44.3. The van der Waals surface area contributed by atoms with Gasteiger partial charge < -0.3 is 16.0 Å². The standard InChI is InChI=1S/C25H25FN6O3/c1-13-7-16-19(11-28-13)31(30-22(16)23(27)34)12-21(33)32-17-8-14(17)9-18(32)24(35)29-20-10-25(20,26)15-5-3-2-4-6-15/h2-7,11,14,17-18,20H,8-10,12H2,1H3,(H2,27,34)(H,29,35)/t14-,17-,18+,20+,25+/m1/s1. The minimum atomic E-state index is -1.57. The van der Waals surface area contributed by atoms with Crippen molar-refractivity contribution in [3.63, 3.8) is 0 Å². The first kappa shape index (κ1) is 21.7. The summed E-state index contributed by atoms with van der Waals surface area (Å²) in [6.45, 7) is 1.64. The third-order valence-corrected chi connectivity index (χ3v) is 7.45. The number of likely N-dealkylation sites (tertiary alicyclic amines) is 1. The Kier molecular flexibility index (Phi) is 4.71. The van der Waals surface area contributed by atoms with Crippen LogP contribution < -0.4 is 11.1 Å². The van der Waals surface area contributed by atoms with E-state index in [1.54, 1.807) is 48.4 Å². The number of primary amides is 1. The molecule has 6 rings (SSSR count). The van der Waals surface area contributed by atoms with Crippen LogP contribution in [-0.4, -0.2) is 55.5 Å². The predicted octanol–water partition coefficient (Wildman–Crippen LogP) is 1.58. The molecule has 2 aliphatic carbocycles. The van der Waals surface area contributed by atoms with E-state index < -0.39 is 23.7 Å². The van der Waals surface area contributed by atoms with Gasteiger partial charge in [-0.15, -0.1) is 0 Å². The van der Waals surface area contributed by atoms with E-state index in [0.717, 1.165) is 6.42 Å². The molecule has 3 fully saturated rings. The molecule has 3 amide bonds. The van der Waals surface area contributed by atoms with Crippen molar-refractivity contribution < 1.29 is 18.8 Å². The molecule has 2 aromatic heterocycles. The molecule has 0 bridgehead atoms. The summed E-state index contributed by atoms with van der Waals surface area (Å²) < 4.78 is 16.7. The van der Waals surface area contributed by atoms with Crippen molar-refractivity contribution in [2.75, 3.05) is 0 Å². The number of nitrogens with one attached hydrogen (secondary N) is 1. The molecule has 1 saturated heterocycles. The van der Waals surface area contributed by atoms with Gasteiger partial charge in [-0.25, -0.2) is 4.39 Å². The van der Waals surface area contributed by atoms with Crippen LogP contribution in [0.15, 0.2) is 42.6 Å². The van der Waals surface area contributed by atoms with Crippen LogP contribution in [0.25, 0.3) is 10.9 Å². The van der Waals surface area contributed by atoms with Crippen LogP contribution in [0.4, 0.5) is 4.39 Å². The maximum atomic E-state index is 15.3. The number of amides is 3. The molecular formula is C25H25FN6O3. The molecular weight excluding hydrogens is 451 g/mol. The average Bonchev–Trinajstić information content (AvgIpc) is 3.65. The zero-order valence-corrected chi connectivity index (χ0v) is 19.1. The number of hydrogen-bond donors (Lipinski definition) is 2. The molecule has 5 atom stereocenters. The Morgan fingerprint density at radius 2 is 2.00 bits per heavy atom. The zero-order valence-electron chi connectivity index (χ0n) is 19.1. The number of aryl methyl sites for hydroxylation is 1. The third kappa shape index (κ3) is 3.55. The fourth-order valence-corrected chi connectivity index (χ4v) is 5.44. The average molecular weight is 477 g/mol. The van der Waals surface area contributed by atoms with E-state index in [1.807, 2.05) is 6.07 Å². The summed E-state index contributed by atoms with van der Waals surface area (Å²) >= 11 is 0. The van der Waals surface area contributed by atoms with Crippen LogP contribution >= 0.6 is 0 Å². The highest BCUT2D eigenvalue weighted by molar-refractivity contribution is 6.04. The monoisotopic (exact) mass is 476 g/mol. The predicted molar refractivity (Wildman–Crippen MR) is 124 cm³/mol. The van der Waals surface area contributed by atoms with Crippen molar-refractivity contribution in [3.8, 4) is 0 Å². The SMILES string of the molecule is Cc1cc2c(C(N)=O)nn(CC(=O)N3[C@@H]4C[C@@H]4C[C@H]3C(=O)N[C@H]3C[C@]3(F)c3ccccc3)c2cn1. The fraction of sp³-hybridized carbons (Fsp3) is 0.400. The van der Waals surface area contributed by atoms with Gasteiger partial charge in [-0.05, 0) is 37.3 Å². The molecule has 180 valence electrons. The van der Waals surface area contributed by atoms with Gasteiger partial charge in [-0.1, -0.05) is 30.3 Å². The van der Waals surface area contributed by atoms with Crippen LogP contribution in [-0.2, 0) is 21.8 Å². The number of nitrogens with two attached hydrogens (primary N) is 1. The van der Waals surface area contributed by atoms with Gasteiger partial charge in [-0.2, -0.15) is 5.10 Å². The van der Waals surface area contributed by atoms with Crippen molar-refractivity contribution in [1.29, 1.82) is 0 Å². The lowest BCUT2D eigenvalue weighted by Gasteiger charge is -2.27. The quantitative estimate of drug-likeness (QED) is 0.559. The summed E-state index contributed by atoms with van der Waals surface area (Å²) in [5.74, 6) is -1.02. The number of halogens is 1. The first-order valence-corrected chi connectivity index (χ1v) is 11.7. The number of aromatic nitrogens is 3. The van der Waals surface area contributed by atoms with Gasteiger partial charge in [-0.3, -0.25) is 24.0 Å². The van der Waals surface area contributed by atoms with Crippen molar-refractivity contribution in [1.82, 2.24) is 25.0 Å². The smallest absolute Gasteiger partial charge is 0.269 e. The van der Waals surface area contributed by atoms with Crippen LogP contribution in [0.1, 0.15) is 41.0 Å². The molecule has 1 aliphatic heterocycles. The van der Waals surface area contributed by atoms with E-state index in [4.69, 9.17) is 5.73 Å². The number of benzene rings is 1. The highest BCUT2D eigenvalue weighted by atomic mass is 19.1. The van der Waals surface area contributed by atoms with E-state index in [1.165, 1.54) is 4.68 Å². The van der Waals surface area contributed by atoms with Crippen molar-refractivity contribution in [2.24, 2.45) is 11.7 Å². The molecule has 9 nitrogen and oxygen atoms in total. The van der Waals surface area contributed by atoms with E-state index in [9.17, 15) is 14.4 Å². The lowest BCUT2D eigenvalue weighted by atomic mass is 10.1. The molecule has 10 heteroatoms. The molecule has 3 heterocycles. The Morgan fingerprint density at radius 1 is 1.23 bits per heavy atom. The number of nitrogens with zero attached hydrogens (tertiary/aromatic N) is 4. The highest BCUT2D eigenvalue weighted by Crippen LogP contribution is 2.51. The molecule has 3 aromatic rings. The number of piperidine rings is 1. The molecule has 3 aliphatic rings. The number of hydrogen-bond acceptors (Lipinski definition) is 5. The van der Waals surface area contributed by atoms with Gasteiger partial charge in [0, 0.05) is 23.5 Å². The maximum absolute atomic E-state index is 15.3. The van der Waals surface area contributed by atoms with Gasteiger partial charge in [0.1, 0.15) is 12.6 Å². The molecule has 35 heavy (non-hydrogen) atoms. The van der Waals surface area contributed by atoms with E-state index >= 15 is 4.39 Å². The second-order valence-electron chi connectivity index (χ2n) is 9.82. The second-order valence-corrected chi connectivity index (χ2v) is 9.82. The van der Waals surface area contributed by atoms with E-state index in [-0.39, 0.29) is 42.4 Å². The topological polar surface area (TPSA) is 123 Å². The molecule has 2 saturated carbocycles. The second kappa shape index (κ2) is 7.59. The number of alkyl halides is 1. The van der Waals surface area contributed by atoms with Crippen LogP contribution in [0.3, 0.4) is 0 Å². The van der Waals surface area contributed by atoms with Crippen molar-refractivity contribution >= 4 is 28.6 Å². The largest absolute Gasteiger partial charge is 0.364 e. The molecule has 0 unspecified atom stereocenters. The van der Waals surface area contributed by atoms with Crippen LogP contribution in [0, 0.1) is 12.8 Å². The highest BCUT2D eigenvalue weighted by Gasteiger charge is 2.60. The maximum Gasteiger partial charge on any atom is 0.269 e. The molecule has 3 N–H and O–H groups in total. The number of carbonyl (C=O) groups excluding carboxylic acids is 3. The molecule has 0 spiro atoms.